The number of aromatic nitrogens is 3. The number of carbonyl (C=O) groups is 1. The van der Waals surface area contributed by atoms with Crippen LogP contribution in [0.2, 0.25) is 0 Å². The first-order chi connectivity index (χ1) is 18.7. The van der Waals surface area contributed by atoms with Gasteiger partial charge in [-0.25, -0.2) is 22.3 Å². The molecule has 0 aliphatic carbocycles. The van der Waals surface area contributed by atoms with Gasteiger partial charge in [0, 0.05) is 19.1 Å². The molecule has 11 nitrogen and oxygen atoms in total. The number of benzene rings is 2. The van der Waals surface area contributed by atoms with E-state index in [1.165, 1.54) is 30.7 Å². The van der Waals surface area contributed by atoms with Crippen LogP contribution >= 0.6 is 0 Å². The molecular weight excluding hydrogens is 529 g/mol. The third-order valence-corrected chi connectivity index (χ3v) is 8.37. The van der Waals surface area contributed by atoms with Crippen LogP contribution in [0.4, 0.5) is 4.39 Å². The van der Waals surface area contributed by atoms with Crippen LogP contribution in [0.3, 0.4) is 0 Å². The first-order valence-corrected chi connectivity index (χ1v) is 14.0. The van der Waals surface area contributed by atoms with Crippen molar-refractivity contribution in [3.05, 3.63) is 71.3 Å². The molecule has 0 bridgehead atoms. The van der Waals surface area contributed by atoms with Gasteiger partial charge in [-0.3, -0.25) is 0 Å². The molecule has 39 heavy (non-hydrogen) atoms. The minimum absolute atomic E-state index is 0.00758. The molecule has 210 valence electrons. The van der Waals surface area contributed by atoms with Crippen LogP contribution in [0.1, 0.15) is 28.0 Å². The van der Waals surface area contributed by atoms with Crippen molar-refractivity contribution in [3.63, 3.8) is 0 Å². The largest absolute Gasteiger partial charge is 0.493 e. The second kappa shape index (κ2) is 12.5. The van der Waals surface area contributed by atoms with Crippen molar-refractivity contribution in [2.45, 2.75) is 25.6 Å². The van der Waals surface area contributed by atoms with Gasteiger partial charge in [0.2, 0.25) is 10.0 Å². The van der Waals surface area contributed by atoms with Crippen molar-refractivity contribution >= 4 is 16.0 Å². The highest BCUT2D eigenvalue weighted by atomic mass is 32.2. The van der Waals surface area contributed by atoms with Crippen LogP contribution in [0.5, 0.6) is 11.5 Å². The summed E-state index contributed by atoms with van der Waals surface area (Å²) in [5.74, 6) is 0.144. The lowest BCUT2D eigenvalue weighted by Gasteiger charge is -2.23. The minimum Gasteiger partial charge on any atom is -0.493 e. The maximum absolute atomic E-state index is 13.4. The summed E-state index contributed by atoms with van der Waals surface area (Å²) in [6.45, 7) is 1.51. The summed E-state index contributed by atoms with van der Waals surface area (Å²) in [6.07, 6.45) is 2.21. The monoisotopic (exact) mass is 561 g/mol. The van der Waals surface area contributed by atoms with Crippen molar-refractivity contribution in [3.8, 4) is 11.5 Å². The predicted molar refractivity (Wildman–Crippen MR) is 141 cm³/mol. The molecule has 1 aliphatic rings. The Balaban J connectivity index is 1.24. The van der Waals surface area contributed by atoms with E-state index in [2.05, 4.69) is 10.3 Å². The summed E-state index contributed by atoms with van der Waals surface area (Å²) in [7, 11) is 1.40. The molecular formula is C26H32FN5O6S. The molecule has 13 heteroatoms. The molecule has 1 aliphatic heterocycles. The van der Waals surface area contributed by atoms with Crippen molar-refractivity contribution in [2.75, 3.05) is 46.7 Å². The zero-order valence-corrected chi connectivity index (χ0v) is 22.9. The standard InChI is InChI=1S/C26H32FN5O6S/c1-30(10-5-11-38-26(33)20-8-9-24(36-2)25(13-20)37-3)23-17-32(39(34,35)18-23)16-22-15-31(29-28-22)14-19-6-4-7-21(27)12-19/h4,6-9,12-13,15,23H,5,10-11,14,16-18H2,1-3H3. The van der Waals surface area contributed by atoms with Crippen LogP contribution in [-0.4, -0.2) is 91.3 Å². The van der Waals surface area contributed by atoms with Gasteiger partial charge in [0.05, 0.1) is 57.1 Å². The lowest BCUT2D eigenvalue weighted by atomic mass is 10.2. The van der Waals surface area contributed by atoms with Gasteiger partial charge in [-0.2, -0.15) is 4.31 Å². The molecule has 1 saturated heterocycles. The van der Waals surface area contributed by atoms with E-state index in [9.17, 15) is 17.6 Å². The summed E-state index contributed by atoms with van der Waals surface area (Å²) in [6, 6.07) is 10.8. The van der Waals surface area contributed by atoms with E-state index in [0.717, 1.165) is 5.56 Å². The fourth-order valence-corrected chi connectivity index (χ4v) is 6.16. The third kappa shape index (κ3) is 7.31. The quantitative estimate of drug-likeness (QED) is 0.242. The molecule has 0 radical (unpaired) electrons. The number of likely N-dealkylation sites (N-methyl/N-ethyl adjacent to an activating group) is 1. The topological polar surface area (TPSA) is 116 Å². The lowest BCUT2D eigenvalue weighted by Crippen LogP contribution is -2.37. The average molecular weight is 562 g/mol. The highest BCUT2D eigenvalue weighted by Gasteiger charge is 2.38. The fraction of sp³-hybridized carbons (Fsp3) is 0.423. The van der Waals surface area contributed by atoms with Gasteiger partial charge in [-0.1, -0.05) is 17.3 Å². The number of sulfonamides is 1. The highest BCUT2D eigenvalue weighted by molar-refractivity contribution is 7.89. The minimum atomic E-state index is -3.47. The number of methoxy groups -OCH3 is 2. The smallest absolute Gasteiger partial charge is 0.338 e. The number of halogens is 1. The number of hydrogen-bond donors (Lipinski definition) is 0. The van der Waals surface area contributed by atoms with Gasteiger partial charge >= 0.3 is 5.97 Å². The number of hydrogen-bond acceptors (Lipinski definition) is 9. The first kappa shape index (κ1) is 28.5. The van der Waals surface area contributed by atoms with Gasteiger partial charge in [0.1, 0.15) is 5.82 Å². The van der Waals surface area contributed by atoms with Crippen LogP contribution in [0, 0.1) is 5.82 Å². The summed E-state index contributed by atoms with van der Waals surface area (Å²) in [5.41, 5.74) is 1.60. The van der Waals surface area contributed by atoms with E-state index >= 15 is 0 Å². The second-order valence-corrected chi connectivity index (χ2v) is 11.3. The van der Waals surface area contributed by atoms with Crippen LogP contribution in [0.25, 0.3) is 0 Å². The van der Waals surface area contributed by atoms with Gasteiger partial charge < -0.3 is 19.1 Å². The Morgan fingerprint density at radius 3 is 2.67 bits per heavy atom. The molecule has 1 unspecified atom stereocenters. The van der Waals surface area contributed by atoms with E-state index in [-0.39, 0.29) is 30.8 Å². The number of esters is 1. The summed E-state index contributed by atoms with van der Waals surface area (Å²) in [5, 5.41) is 8.14. The summed E-state index contributed by atoms with van der Waals surface area (Å²) in [4.78, 5) is 14.3. The zero-order valence-electron chi connectivity index (χ0n) is 22.1. The van der Waals surface area contributed by atoms with Crippen molar-refractivity contribution < 1.29 is 31.8 Å². The molecule has 1 fully saturated rings. The lowest BCUT2D eigenvalue weighted by molar-refractivity contribution is 0.0486. The molecule has 4 rings (SSSR count). The van der Waals surface area contributed by atoms with E-state index in [1.54, 1.807) is 41.2 Å². The molecule has 3 aromatic rings. The Labute approximate surface area is 227 Å². The van der Waals surface area contributed by atoms with E-state index in [0.29, 0.717) is 48.8 Å². The molecule has 0 saturated carbocycles. The molecule has 0 spiro atoms. The maximum Gasteiger partial charge on any atom is 0.338 e. The Morgan fingerprint density at radius 2 is 1.92 bits per heavy atom. The molecule has 2 aromatic carbocycles. The van der Waals surface area contributed by atoms with Gasteiger partial charge in [-0.15, -0.1) is 5.10 Å². The highest BCUT2D eigenvalue weighted by Crippen LogP contribution is 2.28. The summed E-state index contributed by atoms with van der Waals surface area (Å²) >= 11 is 0. The molecule has 0 N–H and O–H groups in total. The van der Waals surface area contributed by atoms with Gasteiger partial charge in [-0.05, 0) is 49.4 Å². The Bertz CT molecular complexity index is 1400. The van der Waals surface area contributed by atoms with Crippen molar-refractivity contribution in [1.29, 1.82) is 0 Å². The summed E-state index contributed by atoms with van der Waals surface area (Å²) < 4.78 is 57.8. The number of nitrogens with zero attached hydrogens (tertiary/aromatic N) is 5. The Hall–Kier alpha value is -3.55. The van der Waals surface area contributed by atoms with Gasteiger partial charge in [0.15, 0.2) is 11.5 Å². The average Bonchev–Trinajstić information content (AvgIpc) is 3.48. The van der Waals surface area contributed by atoms with Crippen LogP contribution in [-0.2, 0) is 27.8 Å². The number of ether oxygens (including phenoxy) is 3. The SMILES string of the molecule is COc1ccc(C(=O)OCCCN(C)C2CN(Cc3cn(Cc4cccc(F)c4)nn3)S(=O)(=O)C2)cc1OC. The Kier molecular flexibility index (Phi) is 9.15. The van der Waals surface area contributed by atoms with E-state index in [1.807, 2.05) is 11.9 Å². The van der Waals surface area contributed by atoms with Crippen molar-refractivity contribution in [2.24, 2.45) is 0 Å². The zero-order chi connectivity index (χ0) is 28.0. The second-order valence-electron chi connectivity index (χ2n) is 9.30. The molecule has 2 heterocycles. The predicted octanol–water partition coefficient (Wildman–Crippen LogP) is 2.18. The normalized spacial score (nSPS) is 16.9. The Morgan fingerprint density at radius 1 is 1.13 bits per heavy atom. The van der Waals surface area contributed by atoms with E-state index in [4.69, 9.17) is 14.2 Å². The number of carbonyl (C=O) groups excluding carboxylic acids is 1. The number of rotatable bonds is 12. The third-order valence-electron chi connectivity index (χ3n) is 6.50. The molecule has 1 atom stereocenters. The first-order valence-electron chi connectivity index (χ1n) is 12.4. The van der Waals surface area contributed by atoms with Crippen LogP contribution in [0.15, 0.2) is 48.7 Å². The molecule has 0 amide bonds. The maximum atomic E-state index is 13.4. The van der Waals surface area contributed by atoms with Crippen LogP contribution < -0.4 is 9.47 Å². The molecule has 1 aromatic heterocycles. The van der Waals surface area contributed by atoms with Gasteiger partial charge in [0.25, 0.3) is 0 Å². The fourth-order valence-electron chi connectivity index (χ4n) is 4.38. The van der Waals surface area contributed by atoms with Crippen molar-refractivity contribution in [1.82, 2.24) is 24.2 Å². The van der Waals surface area contributed by atoms with E-state index < -0.39 is 16.0 Å².